The Kier molecular flexibility index (Phi) is 5.65. The molecule has 0 atom stereocenters. The van der Waals surface area contributed by atoms with E-state index in [-0.39, 0.29) is 12.6 Å². The first-order valence-corrected chi connectivity index (χ1v) is 6.52. The van der Waals surface area contributed by atoms with E-state index in [2.05, 4.69) is 45.2 Å². The van der Waals surface area contributed by atoms with E-state index in [4.69, 9.17) is 9.47 Å². The van der Waals surface area contributed by atoms with Crippen LogP contribution in [-0.2, 0) is 9.53 Å². The molecule has 3 nitrogen and oxygen atoms in total. The molecule has 1 rings (SSSR count). The van der Waals surface area contributed by atoms with Gasteiger partial charge in [0.2, 0.25) is 0 Å². The van der Waals surface area contributed by atoms with Gasteiger partial charge < -0.3 is 9.47 Å². The monoisotopic (exact) mass is 432 g/mol. The van der Waals surface area contributed by atoms with Crippen LogP contribution < -0.4 is 4.74 Å². The van der Waals surface area contributed by atoms with Crippen LogP contribution in [0.3, 0.4) is 0 Å². The Morgan fingerprint density at radius 3 is 2.73 bits per heavy atom. The minimum absolute atomic E-state index is 0.0373. The highest BCUT2D eigenvalue weighted by Crippen LogP contribution is 2.22. The molecule has 0 aliphatic rings. The van der Waals surface area contributed by atoms with E-state index in [9.17, 15) is 4.79 Å². The van der Waals surface area contributed by atoms with Crippen LogP contribution in [0.4, 0.5) is 0 Å². The fraction of sp³-hybridized carbons (Fsp3) is 0.300. The highest BCUT2D eigenvalue weighted by molar-refractivity contribution is 14.1. The molecule has 0 fully saturated rings. The Bertz CT molecular complexity index is 353. The Morgan fingerprint density at radius 1 is 1.40 bits per heavy atom. The molecule has 0 amide bonds. The lowest BCUT2D eigenvalue weighted by atomic mass is 10.3. The van der Waals surface area contributed by atoms with Crippen LogP contribution in [0.2, 0.25) is 0 Å². The maximum Gasteiger partial charge on any atom is 0.344 e. The van der Waals surface area contributed by atoms with Crippen LogP contribution in [0.1, 0.15) is 6.92 Å². The normalized spacial score (nSPS) is 9.80. The van der Waals surface area contributed by atoms with Crippen molar-refractivity contribution in [3.05, 3.63) is 25.3 Å². The predicted octanol–water partition coefficient (Wildman–Crippen LogP) is 2.84. The summed E-state index contributed by atoms with van der Waals surface area (Å²) in [7, 11) is 0. The Balaban J connectivity index is 2.54. The van der Waals surface area contributed by atoms with Gasteiger partial charge in [0.1, 0.15) is 5.75 Å². The van der Waals surface area contributed by atoms with Gasteiger partial charge in [-0.15, -0.1) is 0 Å². The topological polar surface area (TPSA) is 35.5 Å². The lowest BCUT2D eigenvalue weighted by Gasteiger charge is -2.07. The fourth-order valence-corrected chi connectivity index (χ4v) is 2.69. The van der Waals surface area contributed by atoms with Crippen molar-refractivity contribution in [1.82, 2.24) is 0 Å². The SMILES string of the molecule is CCOC(=O)COc1ccc(I)cc1I. The van der Waals surface area contributed by atoms with Crippen LogP contribution >= 0.6 is 45.2 Å². The van der Waals surface area contributed by atoms with Crippen LogP contribution in [-0.4, -0.2) is 19.2 Å². The van der Waals surface area contributed by atoms with Gasteiger partial charge in [0.25, 0.3) is 0 Å². The summed E-state index contributed by atoms with van der Waals surface area (Å²) in [6.45, 7) is 2.11. The molecule has 0 heterocycles. The summed E-state index contributed by atoms with van der Waals surface area (Å²) in [5, 5.41) is 0. The predicted molar refractivity (Wildman–Crippen MR) is 74.0 cm³/mol. The van der Waals surface area contributed by atoms with Crippen molar-refractivity contribution >= 4 is 51.2 Å². The first kappa shape index (κ1) is 13.0. The third kappa shape index (κ3) is 4.54. The van der Waals surface area contributed by atoms with E-state index in [0.717, 1.165) is 7.14 Å². The van der Waals surface area contributed by atoms with Crippen LogP contribution in [0, 0.1) is 7.14 Å². The minimum atomic E-state index is -0.341. The molecule has 0 radical (unpaired) electrons. The standard InChI is InChI=1S/C10H10I2O3/c1-2-14-10(13)6-15-9-4-3-7(11)5-8(9)12/h3-5H,2,6H2,1H3. The lowest BCUT2D eigenvalue weighted by molar-refractivity contribution is -0.145. The Morgan fingerprint density at radius 2 is 2.13 bits per heavy atom. The molecule has 0 aromatic heterocycles. The second kappa shape index (κ2) is 6.51. The van der Waals surface area contributed by atoms with Gasteiger partial charge in [-0.3, -0.25) is 0 Å². The first-order valence-electron chi connectivity index (χ1n) is 4.37. The van der Waals surface area contributed by atoms with Crippen LogP contribution in [0.5, 0.6) is 5.75 Å². The highest BCUT2D eigenvalue weighted by Gasteiger charge is 2.05. The number of ether oxygens (including phenoxy) is 2. The molecule has 0 saturated heterocycles. The molecule has 0 N–H and O–H groups in total. The summed E-state index contributed by atoms with van der Waals surface area (Å²) in [5.74, 6) is 0.371. The van der Waals surface area contributed by atoms with E-state index >= 15 is 0 Å². The van der Waals surface area contributed by atoms with Crippen molar-refractivity contribution in [3.63, 3.8) is 0 Å². The highest BCUT2D eigenvalue weighted by atomic mass is 127. The molecule has 1 aromatic rings. The van der Waals surface area contributed by atoms with Crippen LogP contribution in [0.25, 0.3) is 0 Å². The molecule has 0 aliphatic heterocycles. The zero-order valence-electron chi connectivity index (χ0n) is 8.13. The summed E-state index contributed by atoms with van der Waals surface area (Å²) in [4.78, 5) is 11.0. The van der Waals surface area contributed by atoms with Crippen molar-refractivity contribution in [3.8, 4) is 5.75 Å². The summed E-state index contributed by atoms with van der Waals surface area (Å²) in [5.41, 5.74) is 0. The molecule has 0 aliphatic carbocycles. The van der Waals surface area contributed by atoms with Crippen molar-refractivity contribution in [2.24, 2.45) is 0 Å². The van der Waals surface area contributed by atoms with Crippen molar-refractivity contribution < 1.29 is 14.3 Å². The Hall–Kier alpha value is -0.0500. The molecular weight excluding hydrogens is 422 g/mol. The van der Waals surface area contributed by atoms with Crippen molar-refractivity contribution in [2.75, 3.05) is 13.2 Å². The van der Waals surface area contributed by atoms with E-state index in [1.54, 1.807) is 6.92 Å². The molecule has 0 bridgehead atoms. The van der Waals surface area contributed by atoms with Gasteiger partial charge >= 0.3 is 5.97 Å². The largest absolute Gasteiger partial charge is 0.481 e. The van der Waals surface area contributed by atoms with Gasteiger partial charge in [0.05, 0.1) is 10.2 Å². The number of esters is 1. The fourth-order valence-electron chi connectivity index (χ4n) is 0.932. The van der Waals surface area contributed by atoms with E-state index < -0.39 is 0 Å². The van der Waals surface area contributed by atoms with Crippen molar-refractivity contribution in [2.45, 2.75) is 6.92 Å². The van der Waals surface area contributed by atoms with E-state index in [1.807, 2.05) is 18.2 Å². The number of hydrogen-bond acceptors (Lipinski definition) is 3. The Labute approximate surface area is 116 Å². The van der Waals surface area contributed by atoms with E-state index in [1.165, 1.54) is 0 Å². The van der Waals surface area contributed by atoms with Gasteiger partial charge in [0, 0.05) is 3.57 Å². The number of benzene rings is 1. The minimum Gasteiger partial charge on any atom is -0.481 e. The number of hydrogen-bond donors (Lipinski definition) is 0. The van der Waals surface area contributed by atoms with Gasteiger partial charge in [-0.2, -0.15) is 0 Å². The second-order valence-corrected chi connectivity index (χ2v) is 5.08. The first-order chi connectivity index (χ1) is 7.13. The number of carbonyl (C=O) groups excluding carboxylic acids is 1. The molecule has 82 valence electrons. The third-order valence-electron chi connectivity index (χ3n) is 1.54. The number of halogens is 2. The molecule has 5 heteroatoms. The van der Waals surface area contributed by atoms with Crippen molar-refractivity contribution in [1.29, 1.82) is 0 Å². The van der Waals surface area contributed by atoms with Gasteiger partial charge in [-0.1, -0.05) is 0 Å². The quantitative estimate of drug-likeness (QED) is 0.543. The molecule has 0 unspecified atom stereocenters. The molecular formula is C10H10I2O3. The zero-order valence-corrected chi connectivity index (χ0v) is 12.4. The lowest BCUT2D eigenvalue weighted by Crippen LogP contribution is -2.14. The summed E-state index contributed by atoms with van der Waals surface area (Å²) < 4.78 is 12.2. The average molecular weight is 432 g/mol. The maximum atomic E-state index is 11.0. The van der Waals surface area contributed by atoms with Gasteiger partial charge in [-0.25, -0.2) is 4.79 Å². The molecule has 1 aromatic carbocycles. The van der Waals surface area contributed by atoms with Gasteiger partial charge in [-0.05, 0) is 70.3 Å². The molecule has 0 saturated carbocycles. The summed E-state index contributed by atoms with van der Waals surface area (Å²) in [6.07, 6.45) is 0. The average Bonchev–Trinajstić information content (AvgIpc) is 2.17. The smallest absolute Gasteiger partial charge is 0.344 e. The zero-order chi connectivity index (χ0) is 11.3. The summed E-state index contributed by atoms with van der Waals surface area (Å²) in [6, 6.07) is 5.77. The van der Waals surface area contributed by atoms with E-state index in [0.29, 0.717) is 12.4 Å². The second-order valence-electron chi connectivity index (χ2n) is 2.67. The third-order valence-corrected chi connectivity index (χ3v) is 3.06. The molecule has 0 spiro atoms. The maximum absolute atomic E-state index is 11.0. The van der Waals surface area contributed by atoms with Crippen LogP contribution in [0.15, 0.2) is 18.2 Å². The number of carbonyl (C=O) groups is 1. The van der Waals surface area contributed by atoms with Gasteiger partial charge in [0.15, 0.2) is 6.61 Å². The molecule has 15 heavy (non-hydrogen) atoms. The summed E-state index contributed by atoms with van der Waals surface area (Å²) >= 11 is 4.40. The number of rotatable bonds is 4.